The first-order valence-corrected chi connectivity index (χ1v) is 10.9. The van der Waals surface area contributed by atoms with Gasteiger partial charge in [0.1, 0.15) is 11.9 Å². The highest BCUT2D eigenvalue weighted by Crippen LogP contribution is 2.27. The molecule has 8 heteroatoms. The van der Waals surface area contributed by atoms with Gasteiger partial charge in [0.15, 0.2) is 5.78 Å². The Hall–Kier alpha value is -3.16. The van der Waals surface area contributed by atoms with Gasteiger partial charge in [-0.25, -0.2) is 4.68 Å². The van der Waals surface area contributed by atoms with E-state index < -0.39 is 6.04 Å². The van der Waals surface area contributed by atoms with Crippen molar-refractivity contribution in [2.45, 2.75) is 45.6 Å². The first-order chi connectivity index (χ1) is 14.9. The molecule has 2 saturated heterocycles. The summed E-state index contributed by atoms with van der Waals surface area (Å²) < 4.78 is 1.58. The zero-order chi connectivity index (χ0) is 22.1. The average molecular weight is 424 g/mol. The van der Waals surface area contributed by atoms with Crippen LogP contribution in [0.5, 0.6) is 0 Å². The van der Waals surface area contributed by atoms with E-state index in [1.54, 1.807) is 21.4 Å². The fraction of sp³-hybridized carbons (Fsp3) is 0.478. The number of likely N-dealkylation sites (tertiary alicyclic amines) is 2. The smallest absolute Gasteiger partial charge is 0.245 e. The van der Waals surface area contributed by atoms with Gasteiger partial charge in [-0.1, -0.05) is 17.7 Å². The molecule has 1 aromatic heterocycles. The number of nitrogen functional groups attached to an aromatic ring is 1. The number of amides is 2. The molecule has 2 aliphatic rings. The van der Waals surface area contributed by atoms with Gasteiger partial charge in [-0.05, 0) is 45.2 Å². The summed E-state index contributed by atoms with van der Waals surface area (Å²) in [7, 11) is 0. The van der Waals surface area contributed by atoms with E-state index in [4.69, 9.17) is 5.73 Å². The van der Waals surface area contributed by atoms with Crippen molar-refractivity contribution in [3.8, 4) is 5.69 Å². The Balaban J connectivity index is 1.39. The van der Waals surface area contributed by atoms with E-state index in [2.05, 4.69) is 5.10 Å². The van der Waals surface area contributed by atoms with Crippen molar-refractivity contribution >= 4 is 23.4 Å². The molecule has 2 fully saturated rings. The van der Waals surface area contributed by atoms with Crippen LogP contribution in [0.2, 0.25) is 0 Å². The van der Waals surface area contributed by atoms with Crippen LogP contribution >= 0.6 is 0 Å². The molecule has 0 saturated carbocycles. The van der Waals surface area contributed by atoms with E-state index in [1.807, 2.05) is 31.2 Å². The molecular formula is C23H29N5O3. The second-order valence-electron chi connectivity index (χ2n) is 8.52. The lowest BCUT2D eigenvalue weighted by molar-refractivity contribution is -0.143. The van der Waals surface area contributed by atoms with Crippen molar-refractivity contribution in [1.29, 1.82) is 0 Å². The molecule has 2 aromatic rings. The van der Waals surface area contributed by atoms with Gasteiger partial charge in [0.05, 0.1) is 17.4 Å². The third-order valence-electron chi connectivity index (χ3n) is 6.46. The number of anilines is 1. The number of carbonyl (C=O) groups excluding carboxylic acids is 3. The summed E-state index contributed by atoms with van der Waals surface area (Å²) in [5.41, 5.74) is 8.64. The molecule has 0 radical (unpaired) electrons. The van der Waals surface area contributed by atoms with E-state index >= 15 is 0 Å². The fourth-order valence-corrected chi connectivity index (χ4v) is 4.50. The molecule has 8 nitrogen and oxygen atoms in total. The summed E-state index contributed by atoms with van der Waals surface area (Å²) in [5.74, 6) is 0.143. The van der Waals surface area contributed by atoms with Crippen molar-refractivity contribution in [2.75, 3.05) is 25.4 Å². The number of hydrogen-bond donors (Lipinski definition) is 1. The van der Waals surface area contributed by atoms with Crippen LogP contribution in [-0.4, -0.2) is 62.9 Å². The van der Waals surface area contributed by atoms with Crippen molar-refractivity contribution in [3.05, 3.63) is 41.6 Å². The monoisotopic (exact) mass is 423 g/mol. The van der Waals surface area contributed by atoms with Gasteiger partial charge in [-0.3, -0.25) is 14.4 Å². The Morgan fingerprint density at radius 1 is 1.13 bits per heavy atom. The Labute approximate surface area is 182 Å². The number of Topliss-reactive ketones (excluding diaryl/α,β-unsaturated/α-hetero) is 1. The average Bonchev–Trinajstić information content (AvgIpc) is 3.38. The van der Waals surface area contributed by atoms with Gasteiger partial charge in [0.2, 0.25) is 11.8 Å². The molecule has 2 aliphatic heterocycles. The number of carbonyl (C=O) groups is 3. The normalized spacial score (nSPS) is 18.5. The highest BCUT2D eigenvalue weighted by Gasteiger charge is 2.35. The van der Waals surface area contributed by atoms with Crippen LogP contribution in [0.15, 0.2) is 30.5 Å². The number of piperidine rings is 1. The fourth-order valence-electron chi connectivity index (χ4n) is 4.50. The predicted octanol–water partition coefficient (Wildman–Crippen LogP) is 2.20. The number of aromatic nitrogens is 2. The molecular weight excluding hydrogens is 394 g/mol. The van der Waals surface area contributed by atoms with E-state index in [0.717, 1.165) is 17.7 Å². The van der Waals surface area contributed by atoms with Gasteiger partial charge < -0.3 is 15.5 Å². The summed E-state index contributed by atoms with van der Waals surface area (Å²) in [4.78, 5) is 41.3. The van der Waals surface area contributed by atoms with Gasteiger partial charge in [0, 0.05) is 32.0 Å². The van der Waals surface area contributed by atoms with Gasteiger partial charge >= 0.3 is 0 Å². The van der Waals surface area contributed by atoms with Crippen LogP contribution in [0.25, 0.3) is 5.69 Å². The quantitative estimate of drug-likeness (QED) is 0.743. The summed E-state index contributed by atoms with van der Waals surface area (Å²) in [6.07, 6.45) is 4.04. The molecule has 0 bridgehead atoms. The Morgan fingerprint density at radius 3 is 2.42 bits per heavy atom. The number of rotatable bonds is 5. The van der Waals surface area contributed by atoms with E-state index in [0.29, 0.717) is 50.3 Å². The van der Waals surface area contributed by atoms with Gasteiger partial charge in [-0.15, -0.1) is 0 Å². The van der Waals surface area contributed by atoms with Crippen molar-refractivity contribution in [1.82, 2.24) is 19.6 Å². The van der Waals surface area contributed by atoms with Crippen LogP contribution in [0.1, 0.15) is 48.5 Å². The number of benzene rings is 1. The summed E-state index contributed by atoms with van der Waals surface area (Å²) in [5, 5.41) is 4.32. The topological polar surface area (TPSA) is 102 Å². The lowest BCUT2D eigenvalue weighted by Gasteiger charge is -2.35. The Kier molecular flexibility index (Phi) is 5.80. The van der Waals surface area contributed by atoms with E-state index in [1.165, 1.54) is 6.20 Å². The number of ketones is 1. The third-order valence-corrected chi connectivity index (χ3v) is 6.46. The van der Waals surface area contributed by atoms with E-state index in [9.17, 15) is 14.4 Å². The van der Waals surface area contributed by atoms with E-state index in [-0.39, 0.29) is 23.5 Å². The molecule has 0 spiro atoms. The number of nitrogens with two attached hydrogens (primary N) is 1. The molecule has 2 amide bonds. The number of aryl methyl sites for hydroxylation is 1. The Morgan fingerprint density at radius 2 is 1.81 bits per heavy atom. The molecule has 31 heavy (non-hydrogen) atoms. The lowest BCUT2D eigenvalue weighted by atomic mass is 9.89. The largest absolute Gasteiger partial charge is 0.383 e. The Bertz CT molecular complexity index is 989. The minimum atomic E-state index is -0.439. The second kappa shape index (κ2) is 8.53. The molecule has 1 aromatic carbocycles. The minimum absolute atomic E-state index is 0.0225. The predicted molar refractivity (Wildman–Crippen MR) is 117 cm³/mol. The maximum atomic E-state index is 13.1. The molecule has 4 rings (SSSR count). The standard InChI is InChI=1S/C23H29N5O3/c1-15-5-7-18(8-6-15)28-22(24)19(14-25-28)21(30)17-9-12-26(13-10-17)23(31)16(2)27-11-3-4-20(27)29/h5-8,14,16-17H,3-4,9-13,24H2,1-2H3. The molecule has 2 N–H and O–H groups in total. The molecule has 0 aliphatic carbocycles. The second-order valence-corrected chi connectivity index (χ2v) is 8.52. The molecule has 1 unspecified atom stereocenters. The van der Waals surface area contributed by atoms with Crippen LogP contribution in [-0.2, 0) is 9.59 Å². The SMILES string of the molecule is Cc1ccc(-n2ncc(C(=O)C3CCN(C(=O)C(C)N4CCCC4=O)CC3)c2N)cc1. The minimum Gasteiger partial charge on any atom is -0.383 e. The molecule has 164 valence electrons. The first-order valence-electron chi connectivity index (χ1n) is 10.9. The maximum Gasteiger partial charge on any atom is 0.245 e. The summed E-state index contributed by atoms with van der Waals surface area (Å²) >= 11 is 0. The molecule has 1 atom stereocenters. The van der Waals surface area contributed by atoms with Crippen molar-refractivity contribution in [2.24, 2.45) is 5.92 Å². The van der Waals surface area contributed by atoms with Gasteiger partial charge in [-0.2, -0.15) is 5.10 Å². The third kappa shape index (κ3) is 4.06. The highest BCUT2D eigenvalue weighted by molar-refractivity contribution is 6.02. The summed E-state index contributed by atoms with van der Waals surface area (Å²) in [6.45, 7) is 5.46. The van der Waals surface area contributed by atoms with Crippen LogP contribution in [0.4, 0.5) is 5.82 Å². The van der Waals surface area contributed by atoms with Crippen LogP contribution < -0.4 is 5.73 Å². The number of hydrogen-bond acceptors (Lipinski definition) is 5. The maximum absolute atomic E-state index is 13.1. The van der Waals surface area contributed by atoms with Crippen LogP contribution in [0, 0.1) is 12.8 Å². The highest BCUT2D eigenvalue weighted by atomic mass is 16.2. The van der Waals surface area contributed by atoms with Crippen molar-refractivity contribution in [3.63, 3.8) is 0 Å². The van der Waals surface area contributed by atoms with Gasteiger partial charge in [0.25, 0.3) is 0 Å². The summed E-state index contributed by atoms with van der Waals surface area (Å²) in [6, 6.07) is 7.35. The zero-order valence-corrected chi connectivity index (χ0v) is 18.1. The first kappa shape index (κ1) is 21.1. The number of nitrogens with zero attached hydrogens (tertiary/aromatic N) is 4. The lowest BCUT2D eigenvalue weighted by Crippen LogP contribution is -2.50. The molecule has 3 heterocycles. The van der Waals surface area contributed by atoms with Crippen molar-refractivity contribution < 1.29 is 14.4 Å². The zero-order valence-electron chi connectivity index (χ0n) is 18.1. The van der Waals surface area contributed by atoms with Crippen LogP contribution in [0.3, 0.4) is 0 Å².